The Morgan fingerprint density at radius 1 is 0.744 bits per heavy atom. The van der Waals surface area contributed by atoms with Gasteiger partial charge in [0.1, 0.15) is 17.2 Å². The molecule has 2 heterocycles. The molecule has 1 saturated heterocycles. The smallest absolute Gasteiger partial charge is 0.126 e. The average Bonchev–Trinajstić information content (AvgIpc) is 3.50. The van der Waals surface area contributed by atoms with Crippen LogP contribution in [0.15, 0.2) is 72.8 Å². The van der Waals surface area contributed by atoms with Crippen LogP contribution in [0.25, 0.3) is 0 Å². The van der Waals surface area contributed by atoms with Crippen LogP contribution >= 0.6 is 0 Å². The molecule has 5 rings (SSSR count). The fraction of sp³-hybridized carbons (Fsp3) is 0.486. The highest BCUT2D eigenvalue weighted by atomic mass is 16.5. The lowest BCUT2D eigenvalue weighted by molar-refractivity contribution is 0.247. The summed E-state index contributed by atoms with van der Waals surface area (Å²) in [6.45, 7) is 5.34. The van der Waals surface area contributed by atoms with E-state index in [1.807, 2.05) is 6.07 Å². The van der Waals surface area contributed by atoms with Crippen molar-refractivity contribution in [3.63, 3.8) is 0 Å². The van der Waals surface area contributed by atoms with Gasteiger partial charge in [0.25, 0.3) is 0 Å². The van der Waals surface area contributed by atoms with E-state index in [1.165, 1.54) is 88.5 Å². The second kappa shape index (κ2) is 14.4. The predicted octanol–water partition coefficient (Wildman–Crippen LogP) is 8.30. The van der Waals surface area contributed by atoms with Crippen LogP contribution in [0.5, 0.6) is 17.2 Å². The van der Waals surface area contributed by atoms with Crippen molar-refractivity contribution in [1.29, 1.82) is 0 Å². The maximum atomic E-state index is 9.99. The Hall–Kier alpha value is -2.98. The molecule has 0 spiro atoms. The van der Waals surface area contributed by atoms with E-state index in [0.29, 0.717) is 6.61 Å². The molecular formula is C35H45NO3. The molecule has 0 aromatic heterocycles. The summed E-state index contributed by atoms with van der Waals surface area (Å²) in [6.07, 6.45) is 13.4. The van der Waals surface area contributed by atoms with Crippen LogP contribution < -0.4 is 9.47 Å². The molecule has 0 bridgehead atoms. The number of phenolic OH excluding ortho intramolecular Hbond substituents is 1. The van der Waals surface area contributed by atoms with Gasteiger partial charge < -0.3 is 19.5 Å². The van der Waals surface area contributed by atoms with Gasteiger partial charge in [0.05, 0.1) is 13.2 Å². The summed E-state index contributed by atoms with van der Waals surface area (Å²) in [5, 5.41) is 9.99. The van der Waals surface area contributed by atoms with Crippen molar-refractivity contribution in [2.75, 3.05) is 32.8 Å². The molecular weight excluding hydrogens is 482 g/mol. The Kier molecular flexibility index (Phi) is 10.2. The Morgan fingerprint density at radius 3 is 2.18 bits per heavy atom. The normalized spacial score (nSPS) is 19.0. The number of ether oxygens (including phenoxy) is 2. The minimum atomic E-state index is 0.158. The zero-order valence-electron chi connectivity index (χ0n) is 23.4. The number of hydrogen-bond donors (Lipinski definition) is 1. The molecule has 39 heavy (non-hydrogen) atoms. The van der Waals surface area contributed by atoms with Gasteiger partial charge in [0.2, 0.25) is 0 Å². The van der Waals surface area contributed by atoms with Gasteiger partial charge in [-0.15, -0.1) is 0 Å². The van der Waals surface area contributed by atoms with E-state index < -0.39 is 0 Å². The summed E-state index contributed by atoms with van der Waals surface area (Å²) < 4.78 is 12.2. The Bertz CT molecular complexity index is 1120. The number of unbranched alkanes of at least 4 members (excludes halogenated alkanes) is 7. The maximum Gasteiger partial charge on any atom is 0.126 e. The number of nitrogens with zero attached hydrogens (tertiary/aromatic N) is 1. The minimum Gasteiger partial charge on any atom is -0.508 e. The second-order valence-corrected chi connectivity index (χ2v) is 11.3. The Morgan fingerprint density at radius 2 is 1.44 bits per heavy atom. The monoisotopic (exact) mass is 527 g/mol. The van der Waals surface area contributed by atoms with Gasteiger partial charge in [-0.3, -0.25) is 0 Å². The van der Waals surface area contributed by atoms with Crippen molar-refractivity contribution in [1.82, 2.24) is 4.90 Å². The molecule has 208 valence electrons. The first-order chi connectivity index (χ1) is 19.3. The predicted molar refractivity (Wildman–Crippen MR) is 159 cm³/mol. The van der Waals surface area contributed by atoms with Crippen molar-refractivity contribution >= 4 is 0 Å². The van der Waals surface area contributed by atoms with Crippen LogP contribution in [-0.2, 0) is 0 Å². The fourth-order valence-corrected chi connectivity index (χ4v) is 6.26. The van der Waals surface area contributed by atoms with Crippen molar-refractivity contribution < 1.29 is 14.6 Å². The SMILES string of the molecule is Oc1ccc2c(c1)OCC(c1ccccc1)C2c1ccc(OCCCCCCCCCCN2CCCC2)cc1. The first-order valence-corrected chi connectivity index (χ1v) is 15.2. The molecule has 2 unspecified atom stereocenters. The third-order valence-corrected chi connectivity index (χ3v) is 8.46. The van der Waals surface area contributed by atoms with E-state index in [2.05, 4.69) is 59.5 Å². The lowest BCUT2D eigenvalue weighted by Crippen LogP contribution is -2.25. The van der Waals surface area contributed by atoms with Gasteiger partial charge >= 0.3 is 0 Å². The zero-order chi connectivity index (χ0) is 26.7. The Balaban J connectivity index is 1.05. The number of hydrogen-bond acceptors (Lipinski definition) is 4. The molecule has 0 saturated carbocycles. The first-order valence-electron chi connectivity index (χ1n) is 15.2. The molecule has 1 N–H and O–H groups in total. The topological polar surface area (TPSA) is 41.9 Å². The van der Waals surface area contributed by atoms with E-state index in [4.69, 9.17) is 9.47 Å². The summed E-state index contributed by atoms with van der Waals surface area (Å²) in [5.74, 6) is 2.31. The summed E-state index contributed by atoms with van der Waals surface area (Å²) >= 11 is 0. The van der Waals surface area contributed by atoms with E-state index in [-0.39, 0.29) is 17.6 Å². The van der Waals surface area contributed by atoms with Gasteiger partial charge in [-0.1, -0.05) is 87.1 Å². The van der Waals surface area contributed by atoms with Gasteiger partial charge in [-0.2, -0.15) is 0 Å². The summed E-state index contributed by atoms with van der Waals surface area (Å²) in [5.41, 5.74) is 3.63. The third-order valence-electron chi connectivity index (χ3n) is 8.46. The number of phenols is 1. The Labute approximate surface area is 235 Å². The summed E-state index contributed by atoms with van der Waals surface area (Å²) in [7, 11) is 0. The highest BCUT2D eigenvalue weighted by Crippen LogP contribution is 2.47. The van der Waals surface area contributed by atoms with Crippen LogP contribution in [0.3, 0.4) is 0 Å². The second-order valence-electron chi connectivity index (χ2n) is 11.3. The van der Waals surface area contributed by atoms with Gasteiger partial charge in [-0.25, -0.2) is 0 Å². The molecule has 2 atom stereocenters. The zero-order valence-corrected chi connectivity index (χ0v) is 23.4. The van der Waals surface area contributed by atoms with E-state index in [9.17, 15) is 5.11 Å². The van der Waals surface area contributed by atoms with Crippen LogP contribution in [0, 0.1) is 0 Å². The molecule has 0 radical (unpaired) electrons. The molecule has 4 nitrogen and oxygen atoms in total. The first kappa shape index (κ1) is 27.6. The van der Waals surface area contributed by atoms with Crippen LogP contribution in [0.4, 0.5) is 0 Å². The van der Waals surface area contributed by atoms with Crippen LogP contribution in [-0.4, -0.2) is 42.9 Å². The van der Waals surface area contributed by atoms with Crippen molar-refractivity contribution in [3.05, 3.63) is 89.5 Å². The third kappa shape index (κ3) is 7.79. The quantitative estimate of drug-likeness (QED) is 0.214. The molecule has 0 aliphatic carbocycles. The molecule has 0 amide bonds. The highest BCUT2D eigenvalue weighted by molar-refractivity contribution is 5.50. The maximum absolute atomic E-state index is 9.99. The number of fused-ring (bicyclic) bond motifs is 1. The van der Waals surface area contributed by atoms with Crippen molar-refractivity contribution in [2.24, 2.45) is 0 Å². The van der Waals surface area contributed by atoms with E-state index in [0.717, 1.165) is 30.1 Å². The molecule has 4 heteroatoms. The van der Waals surface area contributed by atoms with Gasteiger partial charge in [0.15, 0.2) is 0 Å². The lowest BCUT2D eigenvalue weighted by atomic mass is 9.76. The number of likely N-dealkylation sites (tertiary alicyclic amines) is 1. The van der Waals surface area contributed by atoms with Gasteiger partial charge in [-0.05, 0) is 74.6 Å². The van der Waals surface area contributed by atoms with Crippen molar-refractivity contribution in [2.45, 2.75) is 76.0 Å². The van der Waals surface area contributed by atoms with Gasteiger partial charge in [0, 0.05) is 23.5 Å². The molecule has 3 aromatic rings. The molecule has 3 aromatic carbocycles. The summed E-state index contributed by atoms with van der Waals surface area (Å²) in [6, 6.07) is 24.7. The lowest BCUT2D eigenvalue weighted by Gasteiger charge is -2.34. The highest BCUT2D eigenvalue weighted by Gasteiger charge is 2.33. The van der Waals surface area contributed by atoms with E-state index in [1.54, 1.807) is 12.1 Å². The fourth-order valence-electron chi connectivity index (χ4n) is 6.26. The number of benzene rings is 3. The van der Waals surface area contributed by atoms with Crippen LogP contribution in [0.2, 0.25) is 0 Å². The standard InChI is InChI=1S/C35H45NO3/c37-30-18-21-32-34(26-30)39-27-33(28-14-8-7-9-15-28)35(32)29-16-19-31(20-17-29)38-25-13-6-4-2-1-3-5-10-22-36-23-11-12-24-36/h7-9,14-21,26,33,35,37H,1-6,10-13,22-25,27H2. The number of aromatic hydroxyl groups is 1. The number of rotatable bonds is 14. The average molecular weight is 528 g/mol. The van der Waals surface area contributed by atoms with Crippen molar-refractivity contribution in [3.8, 4) is 17.2 Å². The largest absolute Gasteiger partial charge is 0.508 e. The molecule has 1 fully saturated rings. The summed E-state index contributed by atoms with van der Waals surface area (Å²) in [4.78, 5) is 2.63. The van der Waals surface area contributed by atoms with E-state index >= 15 is 0 Å². The van der Waals surface area contributed by atoms with Crippen LogP contribution in [0.1, 0.15) is 92.7 Å². The molecule has 2 aliphatic rings. The molecule has 2 aliphatic heterocycles. The minimum absolute atomic E-state index is 0.158.